The summed E-state index contributed by atoms with van der Waals surface area (Å²) in [5, 5.41) is 10.4. The van der Waals surface area contributed by atoms with Crippen LogP contribution >= 0.6 is 0 Å². The quantitative estimate of drug-likeness (QED) is 0.809. The van der Waals surface area contributed by atoms with Crippen molar-refractivity contribution in [1.82, 2.24) is 4.98 Å². The Labute approximate surface area is 96.6 Å². The Morgan fingerprint density at radius 3 is 2.65 bits per heavy atom. The van der Waals surface area contributed by atoms with Crippen molar-refractivity contribution < 1.29 is 19.4 Å². The standard InChI is InChI=1S/C12H9NO4/c14-12(15)11-8-6-10-9(16-3-4-17-10)5-7(8)1-2-13-11/h1-2,5-6H,3-4H2,(H,14,15). The Morgan fingerprint density at radius 2 is 1.94 bits per heavy atom. The highest BCUT2D eigenvalue weighted by Crippen LogP contribution is 2.35. The molecule has 2 heterocycles. The van der Waals surface area contributed by atoms with Gasteiger partial charge in [-0.2, -0.15) is 0 Å². The summed E-state index contributed by atoms with van der Waals surface area (Å²) in [7, 11) is 0. The second kappa shape index (κ2) is 3.62. The van der Waals surface area contributed by atoms with Gasteiger partial charge in [-0.15, -0.1) is 0 Å². The first kappa shape index (κ1) is 9.89. The van der Waals surface area contributed by atoms with Crippen LogP contribution in [0, 0.1) is 0 Å². The van der Waals surface area contributed by atoms with Crippen LogP contribution in [-0.2, 0) is 0 Å². The number of carboxylic acids is 1. The molecule has 3 rings (SSSR count). The molecule has 0 spiro atoms. The number of carboxylic acid groups (broad SMARTS) is 1. The lowest BCUT2D eigenvalue weighted by atomic mass is 10.1. The maximum absolute atomic E-state index is 11.0. The normalized spacial score (nSPS) is 13.6. The zero-order chi connectivity index (χ0) is 11.8. The fourth-order valence-corrected chi connectivity index (χ4v) is 1.88. The van der Waals surface area contributed by atoms with Gasteiger partial charge in [0, 0.05) is 11.6 Å². The molecule has 5 nitrogen and oxygen atoms in total. The number of pyridine rings is 1. The summed E-state index contributed by atoms with van der Waals surface area (Å²) in [6.07, 6.45) is 1.47. The third-order valence-corrected chi connectivity index (χ3v) is 2.63. The topological polar surface area (TPSA) is 68.7 Å². The molecular weight excluding hydrogens is 222 g/mol. The van der Waals surface area contributed by atoms with Crippen LogP contribution in [0.3, 0.4) is 0 Å². The highest BCUT2D eigenvalue weighted by molar-refractivity contribution is 6.02. The molecule has 0 saturated carbocycles. The zero-order valence-electron chi connectivity index (χ0n) is 8.84. The lowest BCUT2D eigenvalue weighted by Gasteiger charge is -2.19. The van der Waals surface area contributed by atoms with Crippen LogP contribution in [0.2, 0.25) is 0 Å². The number of aromatic nitrogens is 1. The Hall–Kier alpha value is -2.30. The molecule has 0 amide bonds. The number of hydrogen-bond acceptors (Lipinski definition) is 4. The molecule has 0 aliphatic carbocycles. The van der Waals surface area contributed by atoms with E-state index >= 15 is 0 Å². The number of ether oxygens (including phenoxy) is 2. The molecule has 1 aromatic carbocycles. The minimum atomic E-state index is -1.05. The highest BCUT2D eigenvalue weighted by atomic mass is 16.6. The summed E-state index contributed by atoms with van der Waals surface area (Å²) in [6.45, 7) is 0.983. The molecule has 1 N–H and O–H groups in total. The second-order valence-electron chi connectivity index (χ2n) is 3.68. The smallest absolute Gasteiger partial charge is 0.355 e. The Balaban J connectivity index is 2.30. The summed E-state index contributed by atoms with van der Waals surface area (Å²) in [5.74, 6) is 0.165. The summed E-state index contributed by atoms with van der Waals surface area (Å²) in [6, 6.07) is 5.19. The molecule has 2 aromatic rings. The minimum Gasteiger partial charge on any atom is -0.486 e. The number of carbonyl (C=O) groups is 1. The van der Waals surface area contributed by atoms with Gasteiger partial charge in [0.05, 0.1) is 0 Å². The summed E-state index contributed by atoms with van der Waals surface area (Å²) < 4.78 is 10.9. The third-order valence-electron chi connectivity index (χ3n) is 2.63. The van der Waals surface area contributed by atoms with Gasteiger partial charge in [0.2, 0.25) is 0 Å². The van der Waals surface area contributed by atoms with E-state index in [0.717, 1.165) is 5.39 Å². The second-order valence-corrected chi connectivity index (χ2v) is 3.68. The number of nitrogens with zero attached hydrogens (tertiary/aromatic N) is 1. The summed E-state index contributed by atoms with van der Waals surface area (Å²) in [4.78, 5) is 14.9. The van der Waals surface area contributed by atoms with Crippen LogP contribution < -0.4 is 9.47 Å². The summed E-state index contributed by atoms with van der Waals surface area (Å²) in [5.41, 5.74) is 0.0273. The first-order valence-corrected chi connectivity index (χ1v) is 5.17. The fourth-order valence-electron chi connectivity index (χ4n) is 1.88. The molecule has 0 radical (unpaired) electrons. The number of rotatable bonds is 1. The monoisotopic (exact) mass is 231 g/mol. The van der Waals surface area contributed by atoms with Crippen molar-refractivity contribution in [2.24, 2.45) is 0 Å². The average molecular weight is 231 g/mol. The average Bonchev–Trinajstić information content (AvgIpc) is 2.35. The first-order chi connectivity index (χ1) is 8.25. The van der Waals surface area contributed by atoms with Crippen LogP contribution in [0.15, 0.2) is 24.4 Å². The molecule has 0 saturated heterocycles. The number of hydrogen-bond donors (Lipinski definition) is 1. The Kier molecular flexibility index (Phi) is 2.11. The van der Waals surface area contributed by atoms with Gasteiger partial charge in [-0.1, -0.05) is 0 Å². The molecule has 1 aromatic heterocycles. The molecule has 0 unspecified atom stereocenters. The van der Waals surface area contributed by atoms with Gasteiger partial charge >= 0.3 is 5.97 Å². The maximum Gasteiger partial charge on any atom is 0.355 e. The molecule has 0 fully saturated rings. The van der Waals surface area contributed by atoms with E-state index in [1.54, 1.807) is 18.2 Å². The van der Waals surface area contributed by atoms with E-state index < -0.39 is 5.97 Å². The Morgan fingerprint density at radius 1 is 1.24 bits per heavy atom. The van der Waals surface area contributed by atoms with Crippen molar-refractivity contribution >= 4 is 16.7 Å². The van der Waals surface area contributed by atoms with Gasteiger partial charge in [-0.25, -0.2) is 9.78 Å². The highest BCUT2D eigenvalue weighted by Gasteiger charge is 2.16. The van der Waals surface area contributed by atoms with Crippen molar-refractivity contribution in [1.29, 1.82) is 0 Å². The lowest BCUT2D eigenvalue weighted by molar-refractivity contribution is 0.0693. The predicted octanol–water partition coefficient (Wildman–Crippen LogP) is 1.70. The van der Waals surface area contributed by atoms with Crippen LogP contribution in [0.4, 0.5) is 0 Å². The van der Waals surface area contributed by atoms with Crippen LogP contribution in [0.1, 0.15) is 10.5 Å². The van der Waals surface area contributed by atoms with Crippen molar-refractivity contribution in [2.45, 2.75) is 0 Å². The van der Waals surface area contributed by atoms with Crippen molar-refractivity contribution in [3.05, 3.63) is 30.1 Å². The number of aromatic carboxylic acids is 1. The van der Waals surface area contributed by atoms with E-state index in [9.17, 15) is 4.79 Å². The SMILES string of the molecule is O=C(O)c1nccc2cc3c(cc12)OCCO3. The predicted molar refractivity (Wildman–Crippen MR) is 59.7 cm³/mol. The number of fused-ring (bicyclic) bond motifs is 2. The van der Waals surface area contributed by atoms with Crippen LogP contribution in [0.25, 0.3) is 10.8 Å². The van der Waals surface area contributed by atoms with Crippen molar-refractivity contribution in [3.63, 3.8) is 0 Å². The molecule has 5 heteroatoms. The van der Waals surface area contributed by atoms with Gasteiger partial charge in [-0.05, 0) is 23.6 Å². The van der Waals surface area contributed by atoms with E-state index in [1.165, 1.54) is 6.20 Å². The Bertz CT molecular complexity index is 609. The molecule has 17 heavy (non-hydrogen) atoms. The molecule has 1 aliphatic rings. The van der Waals surface area contributed by atoms with E-state index in [0.29, 0.717) is 30.1 Å². The largest absolute Gasteiger partial charge is 0.486 e. The molecule has 0 atom stereocenters. The van der Waals surface area contributed by atoms with Crippen molar-refractivity contribution in [2.75, 3.05) is 13.2 Å². The van der Waals surface area contributed by atoms with Gasteiger partial charge in [0.15, 0.2) is 17.2 Å². The maximum atomic E-state index is 11.0. The lowest BCUT2D eigenvalue weighted by Crippen LogP contribution is -2.15. The van der Waals surface area contributed by atoms with Crippen LogP contribution in [0.5, 0.6) is 11.5 Å². The number of benzene rings is 1. The minimum absolute atomic E-state index is 0.0273. The van der Waals surface area contributed by atoms with E-state index in [-0.39, 0.29) is 5.69 Å². The van der Waals surface area contributed by atoms with Gasteiger partial charge in [0.1, 0.15) is 13.2 Å². The fraction of sp³-hybridized carbons (Fsp3) is 0.167. The third kappa shape index (κ3) is 1.56. The van der Waals surface area contributed by atoms with Gasteiger partial charge in [-0.3, -0.25) is 0 Å². The molecule has 0 bridgehead atoms. The molecule has 86 valence electrons. The van der Waals surface area contributed by atoms with E-state index in [4.69, 9.17) is 14.6 Å². The van der Waals surface area contributed by atoms with E-state index in [1.807, 2.05) is 0 Å². The van der Waals surface area contributed by atoms with Gasteiger partial charge in [0.25, 0.3) is 0 Å². The summed E-state index contributed by atoms with van der Waals surface area (Å²) >= 11 is 0. The zero-order valence-corrected chi connectivity index (χ0v) is 8.84. The van der Waals surface area contributed by atoms with Crippen LogP contribution in [-0.4, -0.2) is 29.3 Å². The van der Waals surface area contributed by atoms with E-state index in [2.05, 4.69) is 4.98 Å². The van der Waals surface area contributed by atoms with Crippen molar-refractivity contribution in [3.8, 4) is 11.5 Å². The first-order valence-electron chi connectivity index (χ1n) is 5.17. The van der Waals surface area contributed by atoms with Gasteiger partial charge < -0.3 is 14.6 Å². The molecule has 1 aliphatic heterocycles. The molecular formula is C12H9NO4.